The summed E-state index contributed by atoms with van der Waals surface area (Å²) in [7, 11) is -4.89. The van der Waals surface area contributed by atoms with Crippen LogP contribution in [-0.4, -0.2) is 86.1 Å². The predicted octanol–water partition coefficient (Wildman–Crippen LogP) is -2.41. The van der Waals surface area contributed by atoms with Crippen LogP contribution in [0.5, 0.6) is 0 Å². The number of hydrogen-bond donors (Lipinski definition) is 6. The summed E-state index contributed by atoms with van der Waals surface area (Å²) in [6, 6.07) is 0. The Hall–Kier alpha value is -0.770. The van der Waals surface area contributed by atoms with Gasteiger partial charge in [-0.3, -0.25) is 4.55 Å². The van der Waals surface area contributed by atoms with Gasteiger partial charge in [0.2, 0.25) is 0 Å². The lowest BCUT2D eigenvalue weighted by molar-refractivity contribution is -0.205. The SMILES string of the molecule is C=C[C@@H](O)C/C(=N/OS(=O)(=O)O)S[C@H]1O[C@H](CO)[C@H](O)[C@H](O)[C@H]1O. The van der Waals surface area contributed by atoms with Gasteiger partial charge in [0, 0.05) is 6.42 Å². The number of nitrogens with zero attached hydrogens (tertiary/aromatic N) is 1. The summed E-state index contributed by atoms with van der Waals surface area (Å²) in [5.74, 6) is 0. The first-order chi connectivity index (χ1) is 11.1. The van der Waals surface area contributed by atoms with E-state index in [4.69, 9.17) is 14.4 Å². The first-order valence-electron chi connectivity index (χ1n) is 6.59. The Balaban J connectivity index is 2.92. The standard InChI is InChI=1S/C11H19NO10S2/c1-2-5(14)3-7(12-22-24(18,19)20)23-11-10(17)9(16)8(15)6(4-13)21-11/h2,5-6,8-11,13-17H,1,3-4H2,(H,18,19,20)/b12-7-/t5-,6-,8+,9+,10-,11-/m1/s1. The van der Waals surface area contributed by atoms with Gasteiger partial charge in [0.1, 0.15) is 34.9 Å². The minimum atomic E-state index is -4.89. The summed E-state index contributed by atoms with van der Waals surface area (Å²) in [4.78, 5) is 0. The molecule has 1 aliphatic rings. The molecular formula is C11H19NO10S2. The van der Waals surface area contributed by atoms with Crippen LogP contribution in [0.2, 0.25) is 0 Å². The number of thioether (sulfide) groups is 1. The highest BCUT2D eigenvalue weighted by atomic mass is 32.3. The highest BCUT2D eigenvalue weighted by Crippen LogP contribution is 2.30. The third-order valence-electron chi connectivity index (χ3n) is 2.99. The van der Waals surface area contributed by atoms with Gasteiger partial charge in [-0.15, -0.1) is 6.58 Å². The molecule has 0 spiro atoms. The molecule has 0 saturated carbocycles. The van der Waals surface area contributed by atoms with Crippen molar-refractivity contribution in [1.82, 2.24) is 0 Å². The van der Waals surface area contributed by atoms with Crippen LogP contribution in [0.15, 0.2) is 17.8 Å². The van der Waals surface area contributed by atoms with Crippen molar-refractivity contribution in [3.63, 3.8) is 0 Å². The van der Waals surface area contributed by atoms with Gasteiger partial charge in [0.05, 0.1) is 12.7 Å². The lowest BCUT2D eigenvalue weighted by Crippen LogP contribution is -2.57. The molecule has 140 valence electrons. The van der Waals surface area contributed by atoms with E-state index in [1.807, 2.05) is 0 Å². The normalized spacial score (nSPS) is 33.1. The second kappa shape index (κ2) is 9.07. The molecule has 0 aromatic carbocycles. The maximum atomic E-state index is 10.6. The summed E-state index contributed by atoms with van der Waals surface area (Å²) in [6.45, 7) is 2.67. The van der Waals surface area contributed by atoms with Gasteiger partial charge in [-0.1, -0.05) is 23.0 Å². The predicted molar refractivity (Wildman–Crippen MR) is 82.2 cm³/mol. The summed E-state index contributed by atoms with van der Waals surface area (Å²) >= 11 is 0.570. The summed E-state index contributed by atoms with van der Waals surface area (Å²) in [5, 5.41) is 50.8. The fourth-order valence-corrected chi connectivity index (χ4v) is 3.10. The van der Waals surface area contributed by atoms with E-state index in [2.05, 4.69) is 16.0 Å². The van der Waals surface area contributed by atoms with Gasteiger partial charge < -0.3 is 30.3 Å². The van der Waals surface area contributed by atoms with E-state index in [1.165, 1.54) is 0 Å². The van der Waals surface area contributed by atoms with Crippen molar-refractivity contribution in [2.24, 2.45) is 5.16 Å². The topological polar surface area (TPSA) is 186 Å². The van der Waals surface area contributed by atoms with Gasteiger partial charge in [-0.2, -0.15) is 8.42 Å². The van der Waals surface area contributed by atoms with Crippen molar-refractivity contribution in [2.75, 3.05) is 6.61 Å². The molecule has 0 aliphatic carbocycles. The molecule has 0 aromatic rings. The van der Waals surface area contributed by atoms with Crippen LogP contribution in [0.25, 0.3) is 0 Å². The van der Waals surface area contributed by atoms with E-state index in [0.717, 1.165) is 6.08 Å². The Bertz CT molecular complexity index is 551. The molecule has 6 atom stereocenters. The van der Waals surface area contributed by atoms with E-state index in [1.54, 1.807) is 0 Å². The van der Waals surface area contributed by atoms with Crippen LogP contribution in [0.4, 0.5) is 0 Å². The molecular weight excluding hydrogens is 370 g/mol. The Morgan fingerprint density at radius 1 is 1.33 bits per heavy atom. The number of aliphatic hydroxyl groups is 5. The van der Waals surface area contributed by atoms with E-state index in [9.17, 15) is 28.8 Å². The summed E-state index contributed by atoms with van der Waals surface area (Å²) in [5.41, 5.74) is -1.26. The molecule has 0 aromatic heterocycles. The van der Waals surface area contributed by atoms with Crippen LogP contribution in [0.1, 0.15) is 6.42 Å². The number of oxime groups is 1. The first kappa shape index (κ1) is 21.3. The fraction of sp³-hybridized carbons (Fsp3) is 0.727. The molecule has 0 bridgehead atoms. The average molecular weight is 389 g/mol. The molecule has 0 amide bonds. The molecule has 1 saturated heterocycles. The summed E-state index contributed by atoms with van der Waals surface area (Å²) in [6.07, 6.45) is -6.29. The first-order valence-corrected chi connectivity index (χ1v) is 8.84. The van der Waals surface area contributed by atoms with Crippen molar-refractivity contribution in [1.29, 1.82) is 0 Å². The van der Waals surface area contributed by atoms with E-state index >= 15 is 0 Å². The quantitative estimate of drug-likeness (QED) is 0.0895. The Morgan fingerprint density at radius 3 is 2.46 bits per heavy atom. The minimum absolute atomic E-state index is 0.218. The third-order valence-corrected chi connectivity index (χ3v) is 4.39. The van der Waals surface area contributed by atoms with Gasteiger partial charge in [0.25, 0.3) is 0 Å². The zero-order valence-electron chi connectivity index (χ0n) is 12.2. The smallest absolute Gasteiger partial charge is 0.394 e. The van der Waals surface area contributed by atoms with Gasteiger partial charge in [-0.25, -0.2) is 4.28 Å². The number of aliphatic hydroxyl groups excluding tert-OH is 5. The lowest BCUT2D eigenvalue weighted by atomic mass is 10.0. The molecule has 24 heavy (non-hydrogen) atoms. The Labute approximate surface area is 142 Å². The largest absolute Gasteiger partial charge is 0.466 e. The fourth-order valence-electron chi connectivity index (χ4n) is 1.76. The van der Waals surface area contributed by atoms with Crippen molar-refractivity contribution in [2.45, 2.75) is 42.4 Å². The minimum Gasteiger partial charge on any atom is -0.394 e. The van der Waals surface area contributed by atoms with Crippen molar-refractivity contribution < 1.29 is 47.5 Å². The zero-order valence-corrected chi connectivity index (χ0v) is 13.9. The van der Waals surface area contributed by atoms with E-state index in [-0.39, 0.29) is 11.5 Å². The Kier molecular flexibility index (Phi) is 8.04. The van der Waals surface area contributed by atoms with Crippen molar-refractivity contribution in [3.05, 3.63) is 12.7 Å². The number of ether oxygens (including phenoxy) is 1. The second-order valence-electron chi connectivity index (χ2n) is 4.81. The van der Waals surface area contributed by atoms with Crippen molar-refractivity contribution >= 4 is 27.2 Å². The summed E-state index contributed by atoms with van der Waals surface area (Å²) < 4.78 is 38.8. The highest BCUT2D eigenvalue weighted by molar-refractivity contribution is 8.14. The van der Waals surface area contributed by atoms with Crippen LogP contribution < -0.4 is 0 Å². The van der Waals surface area contributed by atoms with Crippen LogP contribution in [-0.2, 0) is 19.4 Å². The zero-order chi connectivity index (χ0) is 18.5. The van der Waals surface area contributed by atoms with Gasteiger partial charge >= 0.3 is 10.4 Å². The molecule has 1 fully saturated rings. The Morgan fingerprint density at radius 2 is 1.96 bits per heavy atom. The van der Waals surface area contributed by atoms with Gasteiger partial charge in [-0.05, 0) is 0 Å². The van der Waals surface area contributed by atoms with Crippen molar-refractivity contribution in [3.8, 4) is 0 Å². The molecule has 11 nitrogen and oxygen atoms in total. The number of rotatable bonds is 7. The molecule has 0 radical (unpaired) electrons. The highest BCUT2D eigenvalue weighted by Gasteiger charge is 2.44. The molecule has 1 rings (SSSR count). The molecule has 13 heteroatoms. The van der Waals surface area contributed by atoms with E-state index in [0.29, 0.717) is 11.8 Å². The molecule has 1 heterocycles. The van der Waals surface area contributed by atoms with E-state index < -0.39 is 53.0 Å². The third kappa shape index (κ3) is 6.27. The lowest BCUT2D eigenvalue weighted by Gasteiger charge is -2.39. The molecule has 0 unspecified atom stereocenters. The van der Waals surface area contributed by atoms with Crippen LogP contribution >= 0.6 is 11.8 Å². The van der Waals surface area contributed by atoms with Crippen LogP contribution in [0.3, 0.4) is 0 Å². The number of hydrogen-bond acceptors (Lipinski definition) is 11. The molecule has 6 N–H and O–H groups in total. The monoisotopic (exact) mass is 389 g/mol. The average Bonchev–Trinajstić information content (AvgIpc) is 2.52. The molecule has 1 aliphatic heterocycles. The van der Waals surface area contributed by atoms with Gasteiger partial charge in [0.15, 0.2) is 0 Å². The maximum Gasteiger partial charge on any atom is 0.466 e. The maximum absolute atomic E-state index is 10.6. The van der Waals surface area contributed by atoms with Crippen LogP contribution in [0, 0.1) is 0 Å². The second-order valence-corrected chi connectivity index (χ2v) is 6.99.